The van der Waals surface area contributed by atoms with E-state index in [-0.39, 0.29) is 9.14 Å². The van der Waals surface area contributed by atoms with Crippen molar-refractivity contribution in [1.82, 2.24) is 4.90 Å². The van der Waals surface area contributed by atoms with Crippen molar-refractivity contribution in [3.05, 3.63) is 35.9 Å². The van der Waals surface area contributed by atoms with Crippen LogP contribution in [0.4, 0.5) is 0 Å². The highest BCUT2D eigenvalue weighted by molar-refractivity contribution is 9.25. The molecule has 1 atom stereocenters. The Balaban J connectivity index is 1.97. The fourth-order valence-corrected chi connectivity index (χ4v) is 2.91. The van der Waals surface area contributed by atoms with E-state index in [2.05, 4.69) is 44.0 Å². The third kappa shape index (κ3) is 3.55. The van der Waals surface area contributed by atoms with Crippen molar-refractivity contribution in [2.45, 2.75) is 23.1 Å². The summed E-state index contributed by atoms with van der Waals surface area (Å²) in [5.74, 6) is 0.645. The fraction of sp³-hybridized carbons (Fsp3) is 0.462. The summed E-state index contributed by atoms with van der Waals surface area (Å²) in [4.78, 5) is 13.5. The maximum Gasteiger partial charge on any atom is 0.219 e. The number of hydrogen-bond donors (Lipinski definition) is 0. The lowest BCUT2D eigenvalue weighted by Crippen LogP contribution is -2.31. The van der Waals surface area contributed by atoms with E-state index in [0.29, 0.717) is 12.5 Å². The molecule has 92 valence electrons. The van der Waals surface area contributed by atoms with Gasteiger partial charge < -0.3 is 4.90 Å². The van der Waals surface area contributed by atoms with Gasteiger partial charge in [-0.3, -0.25) is 4.79 Å². The lowest BCUT2D eigenvalue weighted by Gasteiger charge is -2.21. The lowest BCUT2D eigenvalue weighted by molar-refractivity contribution is -0.129. The van der Waals surface area contributed by atoms with Crippen molar-refractivity contribution in [2.24, 2.45) is 5.92 Å². The summed E-state index contributed by atoms with van der Waals surface area (Å²) < 4.78 is 0.0599. The van der Waals surface area contributed by atoms with Crippen LogP contribution >= 0.6 is 31.9 Å². The number of carbonyl (C=O) groups is 1. The van der Waals surface area contributed by atoms with Gasteiger partial charge in [0.05, 0.1) is 3.23 Å². The van der Waals surface area contributed by atoms with E-state index in [0.717, 1.165) is 13.0 Å². The van der Waals surface area contributed by atoms with Crippen LogP contribution < -0.4 is 0 Å². The van der Waals surface area contributed by atoms with Crippen molar-refractivity contribution >= 4 is 37.8 Å². The minimum Gasteiger partial charge on any atom is -0.338 e. The summed E-state index contributed by atoms with van der Waals surface area (Å²) in [5, 5.41) is 0. The number of alkyl halides is 2. The van der Waals surface area contributed by atoms with Crippen LogP contribution in [-0.2, 0) is 11.3 Å². The predicted molar refractivity (Wildman–Crippen MR) is 76.2 cm³/mol. The van der Waals surface area contributed by atoms with Gasteiger partial charge in [0, 0.05) is 25.9 Å². The highest BCUT2D eigenvalue weighted by atomic mass is 79.9. The summed E-state index contributed by atoms with van der Waals surface area (Å²) in [7, 11) is 0. The molecular weight excluding hydrogens is 346 g/mol. The van der Waals surface area contributed by atoms with Gasteiger partial charge in [-0.1, -0.05) is 62.2 Å². The molecule has 1 aromatic rings. The molecule has 4 heteroatoms. The highest BCUT2D eigenvalue weighted by Gasteiger charge is 2.50. The van der Waals surface area contributed by atoms with Crippen LogP contribution in [0.2, 0.25) is 0 Å². The quantitative estimate of drug-likeness (QED) is 0.752. The van der Waals surface area contributed by atoms with Crippen LogP contribution in [-0.4, -0.2) is 20.6 Å². The summed E-state index contributed by atoms with van der Waals surface area (Å²) in [5.41, 5.74) is 1.18. The fourth-order valence-electron chi connectivity index (χ4n) is 1.84. The van der Waals surface area contributed by atoms with E-state index in [4.69, 9.17) is 0 Å². The smallest absolute Gasteiger partial charge is 0.219 e. The maximum atomic E-state index is 11.6. The van der Waals surface area contributed by atoms with Crippen LogP contribution in [0.1, 0.15) is 18.9 Å². The van der Waals surface area contributed by atoms with Crippen molar-refractivity contribution in [1.29, 1.82) is 0 Å². The number of hydrogen-bond acceptors (Lipinski definition) is 1. The van der Waals surface area contributed by atoms with Crippen molar-refractivity contribution in [3.63, 3.8) is 0 Å². The molecule has 0 N–H and O–H groups in total. The molecule has 1 amide bonds. The predicted octanol–water partition coefficient (Wildman–Crippen LogP) is 3.54. The van der Waals surface area contributed by atoms with Gasteiger partial charge in [0.15, 0.2) is 0 Å². The second-order valence-electron chi connectivity index (χ2n) is 4.55. The summed E-state index contributed by atoms with van der Waals surface area (Å²) in [6, 6.07) is 10.1. The Morgan fingerprint density at radius 3 is 2.47 bits per heavy atom. The molecule has 0 heterocycles. The Bertz CT molecular complexity index is 405. The number of amides is 1. The standard InChI is InChI=1S/C13H15Br2NO/c1-10(17)16(9-12-7-13(12,14)15)8-11-5-3-2-4-6-11/h2-6,12H,7-9H2,1H3/t12-/m1/s1. The Hall–Kier alpha value is -0.350. The largest absolute Gasteiger partial charge is 0.338 e. The molecule has 17 heavy (non-hydrogen) atoms. The summed E-state index contributed by atoms with van der Waals surface area (Å²) >= 11 is 7.19. The van der Waals surface area contributed by atoms with Gasteiger partial charge in [0.2, 0.25) is 5.91 Å². The molecule has 2 nitrogen and oxygen atoms in total. The first-order valence-corrected chi connectivity index (χ1v) is 7.25. The lowest BCUT2D eigenvalue weighted by atomic mass is 10.2. The van der Waals surface area contributed by atoms with Crippen molar-refractivity contribution < 1.29 is 4.79 Å². The average Bonchev–Trinajstić information content (AvgIpc) is 2.86. The molecule has 0 radical (unpaired) electrons. The van der Waals surface area contributed by atoms with Gasteiger partial charge in [-0.25, -0.2) is 0 Å². The van der Waals surface area contributed by atoms with E-state index in [9.17, 15) is 4.79 Å². The first-order chi connectivity index (χ1) is 7.99. The van der Waals surface area contributed by atoms with E-state index >= 15 is 0 Å². The molecule has 1 aromatic carbocycles. The molecule has 0 saturated heterocycles. The van der Waals surface area contributed by atoms with E-state index in [1.165, 1.54) is 5.56 Å². The zero-order valence-corrected chi connectivity index (χ0v) is 12.9. The van der Waals surface area contributed by atoms with Gasteiger partial charge in [0.25, 0.3) is 0 Å². The van der Waals surface area contributed by atoms with E-state index in [1.807, 2.05) is 23.1 Å². The summed E-state index contributed by atoms with van der Waals surface area (Å²) in [6.07, 6.45) is 1.07. The second kappa shape index (κ2) is 5.11. The van der Waals surface area contributed by atoms with Crippen LogP contribution in [0.15, 0.2) is 30.3 Å². The second-order valence-corrected chi connectivity index (χ2v) is 8.44. The van der Waals surface area contributed by atoms with Gasteiger partial charge in [-0.05, 0) is 12.0 Å². The van der Waals surface area contributed by atoms with E-state index < -0.39 is 0 Å². The SMILES string of the molecule is CC(=O)N(Cc1ccccc1)C[C@H]1CC1(Br)Br. The Labute approximate surface area is 119 Å². The van der Waals surface area contributed by atoms with Gasteiger partial charge in [-0.15, -0.1) is 0 Å². The van der Waals surface area contributed by atoms with Gasteiger partial charge in [-0.2, -0.15) is 0 Å². The van der Waals surface area contributed by atoms with Crippen LogP contribution in [0.25, 0.3) is 0 Å². The Kier molecular flexibility index (Phi) is 3.93. The third-order valence-electron chi connectivity index (χ3n) is 3.06. The number of halogens is 2. The normalized spacial score (nSPS) is 21.0. The van der Waals surface area contributed by atoms with E-state index in [1.54, 1.807) is 6.92 Å². The average molecular weight is 361 g/mol. The molecule has 0 bridgehead atoms. The topological polar surface area (TPSA) is 20.3 Å². The molecule has 0 spiro atoms. The number of rotatable bonds is 4. The maximum absolute atomic E-state index is 11.6. The zero-order valence-electron chi connectivity index (χ0n) is 9.70. The zero-order chi connectivity index (χ0) is 12.5. The minimum atomic E-state index is 0.0599. The molecule has 1 saturated carbocycles. The molecule has 1 fully saturated rings. The molecule has 1 aliphatic rings. The van der Waals surface area contributed by atoms with Crippen LogP contribution in [0.3, 0.4) is 0 Å². The monoisotopic (exact) mass is 359 g/mol. The molecule has 0 aliphatic heterocycles. The number of carbonyl (C=O) groups excluding carboxylic acids is 1. The third-order valence-corrected chi connectivity index (χ3v) is 5.00. The van der Waals surface area contributed by atoms with Crippen molar-refractivity contribution in [3.8, 4) is 0 Å². The molecule has 0 aromatic heterocycles. The van der Waals surface area contributed by atoms with Crippen LogP contribution in [0, 0.1) is 5.92 Å². The Morgan fingerprint density at radius 2 is 2.00 bits per heavy atom. The van der Waals surface area contributed by atoms with Gasteiger partial charge >= 0.3 is 0 Å². The Morgan fingerprint density at radius 1 is 1.41 bits per heavy atom. The first kappa shape index (κ1) is 13.1. The molecular formula is C13H15Br2NO. The number of benzene rings is 1. The number of nitrogens with zero attached hydrogens (tertiary/aromatic N) is 1. The van der Waals surface area contributed by atoms with Gasteiger partial charge in [0.1, 0.15) is 0 Å². The molecule has 2 rings (SSSR count). The van der Waals surface area contributed by atoms with Crippen LogP contribution in [0.5, 0.6) is 0 Å². The molecule has 0 unspecified atom stereocenters. The van der Waals surface area contributed by atoms with Crippen molar-refractivity contribution in [2.75, 3.05) is 6.54 Å². The first-order valence-electron chi connectivity index (χ1n) is 5.66. The minimum absolute atomic E-state index is 0.0599. The highest BCUT2D eigenvalue weighted by Crippen LogP contribution is 2.56. The summed E-state index contributed by atoms with van der Waals surface area (Å²) in [6.45, 7) is 3.14. The molecule has 1 aliphatic carbocycles.